The second-order valence-corrected chi connectivity index (χ2v) is 7.37. The highest BCUT2D eigenvalue weighted by Gasteiger charge is 2.16. The van der Waals surface area contributed by atoms with E-state index in [2.05, 4.69) is 26.0 Å². The third kappa shape index (κ3) is 6.15. The molecular formula is C14H21BrN2O3S. The molecular weight excluding hydrogens is 356 g/mol. The Morgan fingerprint density at radius 3 is 2.38 bits per heavy atom. The minimum atomic E-state index is -3.51. The number of carbonyl (C=O) groups is 1. The fourth-order valence-electron chi connectivity index (χ4n) is 1.84. The van der Waals surface area contributed by atoms with Gasteiger partial charge in [-0.25, -0.2) is 13.1 Å². The molecule has 0 spiro atoms. The molecule has 0 fully saturated rings. The van der Waals surface area contributed by atoms with Gasteiger partial charge in [0.15, 0.2) is 0 Å². The van der Waals surface area contributed by atoms with E-state index in [1.54, 1.807) is 12.1 Å². The van der Waals surface area contributed by atoms with Crippen LogP contribution in [-0.2, 0) is 14.8 Å². The molecule has 0 saturated carbocycles. The van der Waals surface area contributed by atoms with Gasteiger partial charge in [-0.15, -0.1) is 0 Å². The summed E-state index contributed by atoms with van der Waals surface area (Å²) in [6, 6.07) is 6.12. The molecule has 2 N–H and O–H groups in total. The highest BCUT2D eigenvalue weighted by Crippen LogP contribution is 2.15. The molecule has 21 heavy (non-hydrogen) atoms. The Kier molecular flexibility index (Phi) is 7.34. The Balaban J connectivity index is 2.71. The average molecular weight is 377 g/mol. The number of hydrogen-bond acceptors (Lipinski definition) is 3. The van der Waals surface area contributed by atoms with Crippen LogP contribution in [-0.4, -0.2) is 26.2 Å². The van der Waals surface area contributed by atoms with Gasteiger partial charge in [0, 0.05) is 24.5 Å². The van der Waals surface area contributed by atoms with Crippen LogP contribution in [0.5, 0.6) is 0 Å². The van der Waals surface area contributed by atoms with Gasteiger partial charge in [0.1, 0.15) is 0 Å². The molecule has 1 aromatic carbocycles. The van der Waals surface area contributed by atoms with Crippen LogP contribution in [0.4, 0.5) is 5.69 Å². The lowest BCUT2D eigenvalue weighted by Crippen LogP contribution is -2.29. The van der Waals surface area contributed by atoms with Crippen molar-refractivity contribution >= 4 is 37.5 Å². The van der Waals surface area contributed by atoms with E-state index in [-0.39, 0.29) is 10.8 Å². The van der Waals surface area contributed by atoms with E-state index in [0.29, 0.717) is 18.2 Å². The zero-order valence-electron chi connectivity index (χ0n) is 12.2. The van der Waals surface area contributed by atoms with Crippen molar-refractivity contribution in [1.82, 2.24) is 4.72 Å². The zero-order chi connectivity index (χ0) is 15.9. The maximum atomic E-state index is 12.2. The third-order valence-corrected chi connectivity index (χ3v) is 5.04. The summed E-state index contributed by atoms with van der Waals surface area (Å²) >= 11 is 3.37. The molecule has 0 heterocycles. The fourth-order valence-corrected chi connectivity index (χ4v) is 3.60. The first kappa shape index (κ1) is 18.1. The maximum Gasteiger partial charge on any atom is 0.240 e. The molecule has 0 saturated heterocycles. The van der Waals surface area contributed by atoms with Crippen molar-refractivity contribution in [2.75, 3.05) is 17.2 Å². The molecule has 7 heteroatoms. The maximum absolute atomic E-state index is 12.2. The molecule has 0 aliphatic rings. The van der Waals surface area contributed by atoms with E-state index in [9.17, 15) is 13.2 Å². The number of alkyl halides is 1. The number of hydrogen-bond donors (Lipinski definition) is 2. The van der Waals surface area contributed by atoms with Gasteiger partial charge in [0.25, 0.3) is 0 Å². The predicted molar refractivity (Wildman–Crippen MR) is 88.1 cm³/mol. The summed E-state index contributed by atoms with van der Waals surface area (Å²) in [4.78, 5) is 11.1. The summed E-state index contributed by atoms with van der Waals surface area (Å²) in [5.74, 6) is 0.127. The van der Waals surface area contributed by atoms with Crippen LogP contribution in [0.2, 0.25) is 0 Å². The minimum absolute atomic E-state index is 0.190. The molecule has 1 atom stereocenters. The summed E-state index contributed by atoms with van der Waals surface area (Å²) < 4.78 is 27.0. The SMILES string of the molecule is CCC(CCBr)CNS(=O)(=O)c1ccc(NC(C)=O)cc1. The van der Waals surface area contributed by atoms with E-state index >= 15 is 0 Å². The van der Waals surface area contributed by atoms with E-state index < -0.39 is 10.0 Å². The van der Waals surface area contributed by atoms with Gasteiger partial charge in [-0.2, -0.15) is 0 Å². The topological polar surface area (TPSA) is 75.3 Å². The van der Waals surface area contributed by atoms with Gasteiger partial charge in [0.2, 0.25) is 15.9 Å². The number of benzene rings is 1. The highest BCUT2D eigenvalue weighted by molar-refractivity contribution is 9.09. The Bertz CT molecular complexity index is 558. The number of amides is 1. The van der Waals surface area contributed by atoms with Crippen molar-refractivity contribution in [2.45, 2.75) is 31.6 Å². The molecule has 0 aromatic heterocycles. The second kappa shape index (κ2) is 8.51. The van der Waals surface area contributed by atoms with Gasteiger partial charge < -0.3 is 5.32 Å². The normalized spacial score (nSPS) is 12.9. The van der Waals surface area contributed by atoms with Crippen molar-refractivity contribution in [3.05, 3.63) is 24.3 Å². The van der Waals surface area contributed by atoms with Crippen molar-refractivity contribution in [1.29, 1.82) is 0 Å². The molecule has 0 aliphatic carbocycles. The van der Waals surface area contributed by atoms with E-state index in [1.165, 1.54) is 19.1 Å². The van der Waals surface area contributed by atoms with Crippen molar-refractivity contribution in [3.8, 4) is 0 Å². The van der Waals surface area contributed by atoms with Crippen LogP contribution in [0.25, 0.3) is 0 Å². The predicted octanol–water partition coefficient (Wildman–Crippen LogP) is 2.73. The van der Waals surface area contributed by atoms with Gasteiger partial charge >= 0.3 is 0 Å². The molecule has 1 amide bonds. The van der Waals surface area contributed by atoms with Crippen LogP contribution in [0.1, 0.15) is 26.7 Å². The highest BCUT2D eigenvalue weighted by atomic mass is 79.9. The summed E-state index contributed by atoms with van der Waals surface area (Å²) in [5, 5.41) is 3.46. The lowest BCUT2D eigenvalue weighted by Gasteiger charge is -2.14. The van der Waals surface area contributed by atoms with Gasteiger partial charge in [-0.05, 0) is 36.6 Å². The smallest absolute Gasteiger partial charge is 0.240 e. The van der Waals surface area contributed by atoms with Crippen molar-refractivity contribution in [2.24, 2.45) is 5.92 Å². The monoisotopic (exact) mass is 376 g/mol. The number of anilines is 1. The number of nitrogens with one attached hydrogen (secondary N) is 2. The Morgan fingerprint density at radius 2 is 1.90 bits per heavy atom. The second-order valence-electron chi connectivity index (χ2n) is 4.81. The molecule has 0 bridgehead atoms. The molecule has 118 valence electrons. The molecule has 0 radical (unpaired) electrons. The lowest BCUT2D eigenvalue weighted by atomic mass is 10.0. The van der Waals surface area contributed by atoms with Gasteiger partial charge in [0.05, 0.1) is 4.90 Å². The van der Waals surface area contributed by atoms with Crippen LogP contribution in [0.3, 0.4) is 0 Å². The van der Waals surface area contributed by atoms with Crippen LogP contribution in [0.15, 0.2) is 29.2 Å². The quantitative estimate of drug-likeness (QED) is 0.684. The van der Waals surface area contributed by atoms with E-state index in [4.69, 9.17) is 0 Å². The largest absolute Gasteiger partial charge is 0.326 e. The first-order valence-corrected chi connectivity index (χ1v) is 9.42. The summed E-state index contributed by atoms with van der Waals surface area (Å²) in [6.07, 6.45) is 1.86. The molecule has 1 aromatic rings. The lowest BCUT2D eigenvalue weighted by molar-refractivity contribution is -0.114. The Hall–Kier alpha value is -0.920. The number of sulfonamides is 1. The molecule has 5 nitrogen and oxygen atoms in total. The third-order valence-electron chi connectivity index (χ3n) is 3.14. The van der Waals surface area contributed by atoms with Gasteiger partial charge in [-0.1, -0.05) is 29.3 Å². The number of halogens is 1. The van der Waals surface area contributed by atoms with Crippen molar-refractivity contribution < 1.29 is 13.2 Å². The first-order valence-electron chi connectivity index (χ1n) is 6.82. The Labute approximate surface area is 134 Å². The zero-order valence-corrected chi connectivity index (χ0v) is 14.6. The Morgan fingerprint density at radius 1 is 1.29 bits per heavy atom. The first-order chi connectivity index (χ1) is 9.89. The van der Waals surface area contributed by atoms with E-state index in [1.807, 2.05) is 6.92 Å². The summed E-state index contributed by atoms with van der Waals surface area (Å²) in [7, 11) is -3.51. The minimum Gasteiger partial charge on any atom is -0.326 e. The van der Waals surface area contributed by atoms with Crippen molar-refractivity contribution in [3.63, 3.8) is 0 Å². The molecule has 1 unspecified atom stereocenters. The molecule has 1 rings (SSSR count). The summed E-state index contributed by atoms with van der Waals surface area (Å²) in [5.41, 5.74) is 0.576. The molecule has 0 aliphatic heterocycles. The average Bonchev–Trinajstić information content (AvgIpc) is 2.43. The summed E-state index contributed by atoms with van der Waals surface area (Å²) in [6.45, 7) is 3.88. The fraction of sp³-hybridized carbons (Fsp3) is 0.500. The van der Waals surface area contributed by atoms with E-state index in [0.717, 1.165) is 18.2 Å². The number of carbonyl (C=O) groups excluding carboxylic acids is 1. The van der Waals surface area contributed by atoms with Gasteiger partial charge in [-0.3, -0.25) is 4.79 Å². The van der Waals surface area contributed by atoms with Crippen LogP contribution >= 0.6 is 15.9 Å². The number of rotatable bonds is 8. The van der Waals surface area contributed by atoms with Crippen LogP contribution in [0, 0.1) is 5.92 Å². The standard InChI is InChI=1S/C14H21BrN2O3S/c1-3-12(8-9-15)10-16-21(19,20)14-6-4-13(5-7-14)17-11(2)18/h4-7,12,16H,3,8-10H2,1-2H3,(H,17,18). The van der Waals surface area contributed by atoms with Crippen LogP contribution < -0.4 is 10.0 Å².